The maximum Gasteiger partial charge on any atom is 0.325 e. The van der Waals surface area contributed by atoms with Gasteiger partial charge < -0.3 is 5.11 Å². The molecule has 0 amide bonds. The Labute approximate surface area is 116 Å². The van der Waals surface area contributed by atoms with Gasteiger partial charge in [0.25, 0.3) is 0 Å². The average molecular weight is 296 g/mol. The Hall–Kier alpha value is -2.11. The monoisotopic (exact) mass is 295 g/mol. The number of carboxylic acid groups (broad SMARTS) is 1. The summed E-state index contributed by atoms with van der Waals surface area (Å²) in [5, 5.41) is 28.9. The van der Waals surface area contributed by atoms with E-state index in [-0.39, 0.29) is 6.54 Å². The van der Waals surface area contributed by atoms with Gasteiger partial charge in [0.15, 0.2) is 0 Å². The summed E-state index contributed by atoms with van der Waals surface area (Å²) in [4.78, 5) is 11.3. The fourth-order valence-corrected chi connectivity index (χ4v) is 2.32. The molecule has 1 N–H and O–H groups in total. The molecule has 0 atom stereocenters. The first kappa shape index (κ1) is 13.3. The molecular formula is C10H6ClN5O2S. The van der Waals surface area contributed by atoms with E-state index in [0.717, 1.165) is 16.4 Å². The maximum absolute atomic E-state index is 10.6. The zero-order chi connectivity index (χ0) is 13.8. The minimum atomic E-state index is -1.04. The molecule has 1 heterocycles. The van der Waals surface area contributed by atoms with E-state index >= 15 is 0 Å². The van der Waals surface area contributed by atoms with E-state index in [9.17, 15) is 4.79 Å². The summed E-state index contributed by atoms with van der Waals surface area (Å²) >= 11 is 7.15. The fraction of sp³-hybridized carbons (Fsp3) is 0.100. The molecular weight excluding hydrogens is 290 g/mol. The predicted molar refractivity (Wildman–Crippen MR) is 65.7 cm³/mol. The number of halogens is 1. The highest BCUT2D eigenvalue weighted by Crippen LogP contribution is 2.32. The van der Waals surface area contributed by atoms with Crippen LogP contribution in [0.4, 0.5) is 0 Å². The highest BCUT2D eigenvalue weighted by Gasteiger charge is 2.13. The van der Waals surface area contributed by atoms with Crippen LogP contribution in [0.3, 0.4) is 0 Å². The highest BCUT2D eigenvalue weighted by molar-refractivity contribution is 7.99. The van der Waals surface area contributed by atoms with Gasteiger partial charge in [-0.15, -0.1) is 5.10 Å². The molecule has 2 aromatic rings. The van der Waals surface area contributed by atoms with Gasteiger partial charge in [-0.3, -0.25) is 4.79 Å². The molecule has 2 rings (SSSR count). The summed E-state index contributed by atoms with van der Waals surface area (Å²) in [5.74, 6) is -1.04. The maximum atomic E-state index is 10.6. The molecule has 0 radical (unpaired) electrons. The summed E-state index contributed by atoms with van der Waals surface area (Å²) in [6, 6.07) is 6.77. The normalized spacial score (nSPS) is 10.1. The Balaban J connectivity index is 2.24. The van der Waals surface area contributed by atoms with Gasteiger partial charge >= 0.3 is 5.97 Å². The Morgan fingerprint density at radius 1 is 1.58 bits per heavy atom. The molecule has 96 valence electrons. The smallest absolute Gasteiger partial charge is 0.325 e. The fourth-order valence-electron chi connectivity index (χ4n) is 1.25. The molecule has 0 spiro atoms. The van der Waals surface area contributed by atoms with E-state index in [0.29, 0.717) is 20.6 Å². The number of hydrogen-bond acceptors (Lipinski definition) is 6. The first-order valence-electron chi connectivity index (χ1n) is 4.95. The van der Waals surface area contributed by atoms with Crippen molar-refractivity contribution in [3.05, 3.63) is 28.8 Å². The van der Waals surface area contributed by atoms with Gasteiger partial charge in [-0.2, -0.15) is 5.26 Å². The molecule has 0 unspecified atom stereocenters. The van der Waals surface area contributed by atoms with E-state index in [1.54, 1.807) is 12.1 Å². The van der Waals surface area contributed by atoms with Crippen LogP contribution in [0.15, 0.2) is 28.3 Å². The lowest BCUT2D eigenvalue weighted by Gasteiger charge is -2.03. The van der Waals surface area contributed by atoms with Gasteiger partial charge in [-0.1, -0.05) is 11.6 Å². The van der Waals surface area contributed by atoms with Crippen LogP contribution in [0.25, 0.3) is 0 Å². The van der Waals surface area contributed by atoms with Crippen molar-refractivity contribution in [2.24, 2.45) is 0 Å². The summed E-state index contributed by atoms with van der Waals surface area (Å²) in [6.45, 7) is -0.330. The van der Waals surface area contributed by atoms with Crippen molar-refractivity contribution >= 4 is 29.3 Å². The number of benzene rings is 1. The van der Waals surface area contributed by atoms with Gasteiger partial charge in [-0.05, 0) is 40.4 Å². The zero-order valence-corrected chi connectivity index (χ0v) is 10.9. The summed E-state index contributed by atoms with van der Waals surface area (Å²) < 4.78 is 1.15. The van der Waals surface area contributed by atoms with Crippen LogP contribution in [0.2, 0.25) is 5.02 Å². The molecule has 0 saturated carbocycles. The van der Waals surface area contributed by atoms with E-state index < -0.39 is 5.97 Å². The van der Waals surface area contributed by atoms with E-state index in [1.165, 1.54) is 6.07 Å². The second-order valence-corrected chi connectivity index (χ2v) is 4.79. The van der Waals surface area contributed by atoms with Crippen molar-refractivity contribution in [2.45, 2.75) is 16.6 Å². The number of aliphatic carboxylic acids is 1. The van der Waals surface area contributed by atoms with Crippen LogP contribution >= 0.6 is 23.4 Å². The number of carbonyl (C=O) groups is 1. The Kier molecular flexibility index (Phi) is 3.99. The Bertz CT molecular complexity index is 666. The molecule has 7 nitrogen and oxygen atoms in total. The van der Waals surface area contributed by atoms with Gasteiger partial charge in [0, 0.05) is 4.90 Å². The van der Waals surface area contributed by atoms with Crippen molar-refractivity contribution in [3.8, 4) is 6.07 Å². The lowest BCUT2D eigenvalue weighted by Crippen LogP contribution is -2.11. The van der Waals surface area contributed by atoms with E-state index in [4.69, 9.17) is 22.0 Å². The number of carboxylic acids is 1. The summed E-state index contributed by atoms with van der Waals surface area (Å²) in [5.41, 5.74) is 0.444. The summed E-state index contributed by atoms with van der Waals surface area (Å²) in [6.07, 6.45) is 0. The number of aromatic nitrogens is 4. The molecule has 1 aromatic carbocycles. The molecule has 0 aliphatic heterocycles. The molecule has 0 bridgehead atoms. The Morgan fingerprint density at radius 3 is 3.00 bits per heavy atom. The third kappa shape index (κ3) is 3.21. The van der Waals surface area contributed by atoms with Crippen molar-refractivity contribution < 1.29 is 9.90 Å². The number of nitriles is 1. The van der Waals surface area contributed by atoms with Gasteiger partial charge in [0.05, 0.1) is 16.7 Å². The van der Waals surface area contributed by atoms with Crippen LogP contribution in [0.5, 0.6) is 0 Å². The summed E-state index contributed by atoms with van der Waals surface area (Å²) in [7, 11) is 0. The van der Waals surface area contributed by atoms with Crippen LogP contribution in [0, 0.1) is 11.3 Å². The predicted octanol–water partition coefficient (Wildman–Crippen LogP) is 1.43. The number of nitrogens with zero attached hydrogens (tertiary/aromatic N) is 5. The third-order valence-electron chi connectivity index (χ3n) is 2.05. The minimum Gasteiger partial charge on any atom is -0.480 e. The van der Waals surface area contributed by atoms with Gasteiger partial charge in [0.2, 0.25) is 5.16 Å². The second-order valence-electron chi connectivity index (χ2n) is 3.37. The molecule has 0 aliphatic rings. The zero-order valence-electron chi connectivity index (χ0n) is 9.32. The molecule has 0 fully saturated rings. The largest absolute Gasteiger partial charge is 0.480 e. The molecule has 0 aliphatic carbocycles. The molecule has 0 saturated heterocycles. The minimum absolute atomic E-state index is 0.314. The average Bonchev–Trinajstić information content (AvgIpc) is 2.78. The van der Waals surface area contributed by atoms with Crippen LogP contribution in [0.1, 0.15) is 5.56 Å². The third-order valence-corrected chi connectivity index (χ3v) is 3.52. The SMILES string of the molecule is N#Cc1ccc(Sc2nnnn2CC(=O)O)c(Cl)c1. The van der Waals surface area contributed by atoms with E-state index in [1.807, 2.05) is 6.07 Å². The quantitative estimate of drug-likeness (QED) is 0.909. The van der Waals surface area contributed by atoms with Crippen LogP contribution < -0.4 is 0 Å². The van der Waals surface area contributed by atoms with Crippen LogP contribution in [-0.4, -0.2) is 31.3 Å². The lowest BCUT2D eigenvalue weighted by atomic mass is 10.2. The number of rotatable bonds is 4. The number of tetrazole rings is 1. The molecule has 9 heteroatoms. The topological polar surface area (TPSA) is 105 Å². The first-order valence-corrected chi connectivity index (χ1v) is 6.15. The highest BCUT2D eigenvalue weighted by atomic mass is 35.5. The second kappa shape index (κ2) is 5.69. The standard InChI is InChI=1S/C10H6ClN5O2S/c11-7-3-6(4-12)1-2-8(7)19-10-13-14-15-16(10)5-9(17)18/h1-3H,5H2,(H,17,18). The first-order chi connectivity index (χ1) is 9.10. The van der Waals surface area contributed by atoms with Crippen molar-refractivity contribution in [2.75, 3.05) is 0 Å². The van der Waals surface area contributed by atoms with Gasteiger partial charge in [-0.25, -0.2) is 4.68 Å². The van der Waals surface area contributed by atoms with E-state index in [2.05, 4.69) is 15.5 Å². The Morgan fingerprint density at radius 2 is 2.37 bits per heavy atom. The van der Waals surface area contributed by atoms with Crippen molar-refractivity contribution in [1.29, 1.82) is 5.26 Å². The molecule has 19 heavy (non-hydrogen) atoms. The lowest BCUT2D eigenvalue weighted by molar-refractivity contribution is -0.138. The van der Waals surface area contributed by atoms with Crippen molar-refractivity contribution in [1.82, 2.24) is 20.2 Å². The molecule has 1 aromatic heterocycles. The van der Waals surface area contributed by atoms with Gasteiger partial charge in [0.1, 0.15) is 6.54 Å². The number of hydrogen-bond donors (Lipinski definition) is 1. The van der Waals surface area contributed by atoms with Crippen LogP contribution in [-0.2, 0) is 11.3 Å². The van der Waals surface area contributed by atoms with Crippen molar-refractivity contribution in [3.63, 3.8) is 0 Å².